The molecule has 0 saturated heterocycles. The van der Waals surface area contributed by atoms with Gasteiger partial charge in [0.25, 0.3) is 0 Å². The maximum atomic E-state index is 6.03. The van der Waals surface area contributed by atoms with Gasteiger partial charge in [-0.15, -0.1) is 0 Å². The predicted molar refractivity (Wildman–Crippen MR) is 75.1 cm³/mol. The third kappa shape index (κ3) is 6.97. The van der Waals surface area contributed by atoms with Crippen molar-refractivity contribution in [1.82, 2.24) is 5.32 Å². The molecule has 18 heavy (non-hydrogen) atoms. The molecule has 3 nitrogen and oxygen atoms in total. The number of benzene rings is 1. The van der Waals surface area contributed by atoms with Crippen LogP contribution in [0.4, 0.5) is 0 Å². The lowest BCUT2D eigenvalue weighted by Crippen LogP contribution is -2.21. The fourth-order valence-electron chi connectivity index (χ4n) is 1.51. The first-order valence-electron chi connectivity index (χ1n) is 6.44. The molecule has 1 rings (SSSR count). The van der Waals surface area contributed by atoms with Crippen LogP contribution < -0.4 is 5.32 Å². The van der Waals surface area contributed by atoms with Crippen LogP contribution in [0.15, 0.2) is 24.3 Å². The third-order valence-corrected chi connectivity index (χ3v) is 2.85. The largest absolute Gasteiger partial charge is 0.382 e. The molecule has 4 heteroatoms. The van der Waals surface area contributed by atoms with Crippen molar-refractivity contribution in [2.75, 3.05) is 32.9 Å². The van der Waals surface area contributed by atoms with Gasteiger partial charge < -0.3 is 14.8 Å². The fraction of sp³-hybridized carbons (Fsp3) is 0.571. The minimum absolute atomic E-state index is 0.570. The normalized spacial score (nSPS) is 10.8. The van der Waals surface area contributed by atoms with Gasteiger partial charge in [0.15, 0.2) is 0 Å². The topological polar surface area (TPSA) is 30.5 Å². The van der Waals surface area contributed by atoms with E-state index in [9.17, 15) is 0 Å². The van der Waals surface area contributed by atoms with E-state index in [1.807, 2.05) is 31.2 Å². The monoisotopic (exact) mass is 271 g/mol. The van der Waals surface area contributed by atoms with Crippen molar-refractivity contribution in [2.24, 2.45) is 0 Å². The van der Waals surface area contributed by atoms with Crippen molar-refractivity contribution in [1.29, 1.82) is 0 Å². The molecule has 0 amide bonds. The van der Waals surface area contributed by atoms with E-state index in [1.165, 1.54) is 0 Å². The number of nitrogens with one attached hydrogen (secondary N) is 1. The summed E-state index contributed by atoms with van der Waals surface area (Å²) in [6.07, 6.45) is 1.04. The summed E-state index contributed by atoms with van der Waals surface area (Å²) in [5.74, 6) is 0. The van der Waals surface area contributed by atoms with E-state index < -0.39 is 0 Å². The Morgan fingerprint density at radius 2 is 1.94 bits per heavy atom. The minimum atomic E-state index is 0.570. The zero-order valence-corrected chi connectivity index (χ0v) is 11.7. The number of hydrogen-bond acceptors (Lipinski definition) is 3. The van der Waals surface area contributed by atoms with E-state index in [0.717, 1.165) is 43.3 Å². The first-order chi connectivity index (χ1) is 8.84. The lowest BCUT2D eigenvalue weighted by atomic mass is 10.2. The molecule has 0 radical (unpaired) electrons. The second-order valence-electron chi connectivity index (χ2n) is 3.94. The molecular formula is C14H22ClNO2. The summed E-state index contributed by atoms with van der Waals surface area (Å²) >= 11 is 6.03. The van der Waals surface area contributed by atoms with E-state index in [2.05, 4.69) is 5.32 Å². The van der Waals surface area contributed by atoms with Crippen LogP contribution in [-0.4, -0.2) is 32.9 Å². The molecule has 1 aromatic carbocycles. The van der Waals surface area contributed by atoms with Crippen molar-refractivity contribution >= 4 is 11.6 Å². The van der Waals surface area contributed by atoms with Crippen molar-refractivity contribution < 1.29 is 9.47 Å². The van der Waals surface area contributed by atoms with Gasteiger partial charge in [-0.3, -0.25) is 0 Å². The molecule has 0 bridgehead atoms. The summed E-state index contributed by atoms with van der Waals surface area (Å²) in [7, 11) is 0. The van der Waals surface area contributed by atoms with Gasteiger partial charge in [-0.25, -0.2) is 0 Å². The number of rotatable bonds is 10. The van der Waals surface area contributed by atoms with Crippen LogP contribution in [0.1, 0.15) is 18.9 Å². The van der Waals surface area contributed by atoms with Crippen molar-refractivity contribution in [3.8, 4) is 0 Å². The molecule has 0 heterocycles. The van der Waals surface area contributed by atoms with Gasteiger partial charge >= 0.3 is 0 Å². The maximum absolute atomic E-state index is 6.03. The van der Waals surface area contributed by atoms with Crippen LogP contribution >= 0.6 is 11.6 Å². The van der Waals surface area contributed by atoms with Gasteiger partial charge in [0, 0.05) is 24.8 Å². The Morgan fingerprint density at radius 3 is 2.72 bits per heavy atom. The highest BCUT2D eigenvalue weighted by Crippen LogP contribution is 2.15. The molecule has 0 aromatic heterocycles. The molecule has 1 N–H and O–H groups in total. The summed E-state index contributed by atoms with van der Waals surface area (Å²) in [5, 5.41) is 4.07. The van der Waals surface area contributed by atoms with Gasteiger partial charge in [-0.2, -0.15) is 0 Å². The Bertz CT molecular complexity index is 320. The second-order valence-corrected chi connectivity index (χ2v) is 4.35. The fourth-order valence-corrected chi connectivity index (χ4v) is 1.70. The van der Waals surface area contributed by atoms with Gasteiger partial charge in [-0.05, 0) is 31.5 Å². The van der Waals surface area contributed by atoms with Crippen LogP contribution in [0.5, 0.6) is 0 Å². The Labute approximate surface area is 114 Å². The summed E-state index contributed by atoms with van der Waals surface area (Å²) in [5.41, 5.74) is 1.04. The van der Waals surface area contributed by atoms with E-state index >= 15 is 0 Å². The van der Waals surface area contributed by atoms with Crippen molar-refractivity contribution in [3.05, 3.63) is 34.9 Å². The lowest BCUT2D eigenvalue weighted by Gasteiger charge is -2.07. The standard InChI is InChI=1S/C14H22ClNO2/c1-2-17-10-5-8-16-9-11-18-12-13-6-3-4-7-14(13)15/h3-4,6-7,16H,2,5,8-12H2,1H3. The molecule has 0 unspecified atom stereocenters. The van der Waals surface area contributed by atoms with E-state index in [-0.39, 0.29) is 0 Å². The van der Waals surface area contributed by atoms with Crippen LogP contribution in [-0.2, 0) is 16.1 Å². The average molecular weight is 272 g/mol. The van der Waals surface area contributed by atoms with E-state index in [4.69, 9.17) is 21.1 Å². The highest BCUT2D eigenvalue weighted by Gasteiger charge is 1.98. The van der Waals surface area contributed by atoms with E-state index in [0.29, 0.717) is 13.2 Å². The molecule has 0 spiro atoms. The summed E-state index contributed by atoms with van der Waals surface area (Å²) in [4.78, 5) is 0. The van der Waals surface area contributed by atoms with Crippen molar-refractivity contribution in [3.63, 3.8) is 0 Å². The van der Waals surface area contributed by atoms with Gasteiger partial charge in [0.05, 0.1) is 13.2 Å². The first-order valence-corrected chi connectivity index (χ1v) is 6.82. The Morgan fingerprint density at radius 1 is 1.11 bits per heavy atom. The Hall–Kier alpha value is -0.610. The highest BCUT2D eigenvalue weighted by atomic mass is 35.5. The molecular weight excluding hydrogens is 250 g/mol. The third-order valence-electron chi connectivity index (χ3n) is 2.48. The van der Waals surface area contributed by atoms with Gasteiger partial charge in [-0.1, -0.05) is 29.8 Å². The van der Waals surface area contributed by atoms with Crippen LogP contribution in [0.25, 0.3) is 0 Å². The van der Waals surface area contributed by atoms with Crippen LogP contribution in [0.2, 0.25) is 5.02 Å². The SMILES string of the molecule is CCOCCCNCCOCc1ccccc1Cl. The number of hydrogen-bond donors (Lipinski definition) is 1. The summed E-state index contributed by atoms with van der Waals surface area (Å²) in [6, 6.07) is 7.76. The molecule has 0 fully saturated rings. The quantitative estimate of drug-likeness (QED) is 0.664. The minimum Gasteiger partial charge on any atom is -0.382 e. The summed E-state index contributed by atoms with van der Waals surface area (Å²) < 4.78 is 10.8. The van der Waals surface area contributed by atoms with Crippen LogP contribution in [0.3, 0.4) is 0 Å². The first kappa shape index (κ1) is 15.4. The molecule has 0 atom stereocenters. The molecule has 0 aliphatic carbocycles. The average Bonchev–Trinajstić information content (AvgIpc) is 2.39. The van der Waals surface area contributed by atoms with Gasteiger partial charge in [0.1, 0.15) is 0 Å². The number of halogens is 1. The highest BCUT2D eigenvalue weighted by molar-refractivity contribution is 6.31. The van der Waals surface area contributed by atoms with Gasteiger partial charge in [0.2, 0.25) is 0 Å². The summed E-state index contributed by atoms with van der Waals surface area (Å²) in [6.45, 7) is 6.72. The second kappa shape index (κ2) is 10.3. The Kier molecular flexibility index (Phi) is 8.86. The zero-order chi connectivity index (χ0) is 13.1. The zero-order valence-electron chi connectivity index (χ0n) is 11.0. The molecule has 0 aliphatic heterocycles. The smallest absolute Gasteiger partial charge is 0.0731 e. The van der Waals surface area contributed by atoms with Crippen LogP contribution in [0, 0.1) is 0 Å². The number of ether oxygens (including phenoxy) is 2. The maximum Gasteiger partial charge on any atom is 0.0731 e. The molecule has 0 saturated carbocycles. The molecule has 0 aliphatic rings. The predicted octanol–water partition coefficient (Wildman–Crippen LogP) is 2.87. The van der Waals surface area contributed by atoms with E-state index in [1.54, 1.807) is 0 Å². The van der Waals surface area contributed by atoms with Crippen molar-refractivity contribution in [2.45, 2.75) is 20.0 Å². The lowest BCUT2D eigenvalue weighted by molar-refractivity contribution is 0.120. The molecule has 102 valence electrons. The molecule has 1 aromatic rings. The Balaban J connectivity index is 1.94.